The maximum Gasteiger partial charge on any atom is 0.119 e. The van der Waals surface area contributed by atoms with Crippen LogP contribution in [0.2, 0.25) is 0 Å². The first-order valence-electron chi connectivity index (χ1n) is 6.91. The van der Waals surface area contributed by atoms with E-state index >= 15 is 0 Å². The first kappa shape index (κ1) is 14.2. The predicted octanol–water partition coefficient (Wildman–Crippen LogP) is 2.23. The summed E-state index contributed by atoms with van der Waals surface area (Å²) in [7, 11) is 1.66. The highest BCUT2D eigenvalue weighted by Gasteiger charge is 2.20. The minimum absolute atomic E-state index is 0.313. The van der Waals surface area contributed by atoms with Crippen LogP contribution in [-0.2, 0) is 4.74 Å². The van der Waals surface area contributed by atoms with Gasteiger partial charge < -0.3 is 19.5 Å². The zero-order chi connectivity index (χ0) is 13.5. The Morgan fingerprint density at radius 2 is 1.89 bits per heavy atom. The first-order valence-corrected chi connectivity index (χ1v) is 6.91. The van der Waals surface area contributed by atoms with E-state index in [0.29, 0.717) is 25.4 Å². The lowest BCUT2D eigenvalue weighted by Crippen LogP contribution is -2.44. The fourth-order valence-corrected chi connectivity index (χ4v) is 2.27. The summed E-state index contributed by atoms with van der Waals surface area (Å²) in [5, 5.41) is 3.42. The van der Waals surface area contributed by atoms with Crippen molar-refractivity contribution in [1.82, 2.24) is 5.32 Å². The van der Waals surface area contributed by atoms with E-state index in [1.165, 1.54) is 6.42 Å². The summed E-state index contributed by atoms with van der Waals surface area (Å²) < 4.78 is 16.6. The topological polar surface area (TPSA) is 39.7 Å². The Hall–Kier alpha value is -1.26. The molecule has 0 spiro atoms. The van der Waals surface area contributed by atoms with Gasteiger partial charge in [-0.15, -0.1) is 0 Å². The molecule has 1 aromatic carbocycles. The average molecular weight is 265 g/mol. The molecule has 4 heteroatoms. The third-order valence-corrected chi connectivity index (χ3v) is 3.43. The third kappa shape index (κ3) is 4.40. The fraction of sp³-hybridized carbons (Fsp3) is 0.600. The highest BCUT2D eigenvalue weighted by Crippen LogP contribution is 2.17. The van der Waals surface area contributed by atoms with Gasteiger partial charge in [0.15, 0.2) is 0 Å². The van der Waals surface area contributed by atoms with E-state index in [4.69, 9.17) is 14.2 Å². The normalized spacial score (nSPS) is 23.1. The lowest BCUT2D eigenvalue weighted by molar-refractivity contribution is -0.000776. The van der Waals surface area contributed by atoms with E-state index in [0.717, 1.165) is 24.5 Å². The van der Waals surface area contributed by atoms with Crippen LogP contribution >= 0.6 is 0 Å². The predicted molar refractivity (Wildman–Crippen MR) is 74.9 cm³/mol. The molecule has 0 aliphatic carbocycles. The van der Waals surface area contributed by atoms with Crippen LogP contribution in [0.3, 0.4) is 0 Å². The monoisotopic (exact) mass is 265 g/mol. The van der Waals surface area contributed by atoms with Gasteiger partial charge in [-0.25, -0.2) is 0 Å². The maximum atomic E-state index is 5.85. The van der Waals surface area contributed by atoms with E-state index in [2.05, 4.69) is 12.2 Å². The molecule has 0 aromatic heterocycles. The van der Waals surface area contributed by atoms with Crippen LogP contribution in [0.5, 0.6) is 11.5 Å². The van der Waals surface area contributed by atoms with Crippen LogP contribution in [0, 0.1) is 0 Å². The minimum Gasteiger partial charge on any atom is -0.497 e. The SMILES string of the molecule is COc1ccc(OCCOC2CCCNC2C)cc1. The summed E-state index contributed by atoms with van der Waals surface area (Å²) in [6.07, 6.45) is 2.64. The molecule has 106 valence electrons. The van der Waals surface area contributed by atoms with Crippen molar-refractivity contribution in [3.05, 3.63) is 24.3 Å². The van der Waals surface area contributed by atoms with Crippen molar-refractivity contribution in [2.75, 3.05) is 26.9 Å². The van der Waals surface area contributed by atoms with Crippen LogP contribution in [0.25, 0.3) is 0 Å². The van der Waals surface area contributed by atoms with Crippen molar-refractivity contribution in [3.63, 3.8) is 0 Å². The van der Waals surface area contributed by atoms with Gasteiger partial charge in [0.2, 0.25) is 0 Å². The number of rotatable bonds is 6. The molecular weight excluding hydrogens is 242 g/mol. The number of ether oxygens (including phenoxy) is 3. The largest absolute Gasteiger partial charge is 0.497 e. The fourth-order valence-electron chi connectivity index (χ4n) is 2.27. The number of methoxy groups -OCH3 is 1. The van der Waals surface area contributed by atoms with Gasteiger partial charge >= 0.3 is 0 Å². The average Bonchev–Trinajstić information content (AvgIpc) is 2.46. The summed E-state index contributed by atoms with van der Waals surface area (Å²) >= 11 is 0. The molecule has 1 saturated heterocycles. The van der Waals surface area contributed by atoms with Gasteiger partial charge in [0.1, 0.15) is 18.1 Å². The van der Waals surface area contributed by atoms with E-state index in [1.807, 2.05) is 24.3 Å². The van der Waals surface area contributed by atoms with Crippen molar-refractivity contribution in [1.29, 1.82) is 0 Å². The van der Waals surface area contributed by atoms with Crippen molar-refractivity contribution in [3.8, 4) is 11.5 Å². The smallest absolute Gasteiger partial charge is 0.119 e. The lowest BCUT2D eigenvalue weighted by atomic mass is 10.0. The molecule has 1 aromatic rings. The molecule has 0 bridgehead atoms. The summed E-state index contributed by atoms with van der Waals surface area (Å²) in [5.41, 5.74) is 0. The Bertz CT molecular complexity index is 366. The van der Waals surface area contributed by atoms with Crippen LogP contribution in [0.15, 0.2) is 24.3 Å². The zero-order valence-corrected chi connectivity index (χ0v) is 11.7. The summed E-state index contributed by atoms with van der Waals surface area (Å²) in [6, 6.07) is 8.04. The summed E-state index contributed by atoms with van der Waals surface area (Å²) in [5.74, 6) is 1.69. The Labute approximate surface area is 115 Å². The molecule has 0 saturated carbocycles. The zero-order valence-electron chi connectivity index (χ0n) is 11.7. The van der Waals surface area contributed by atoms with Crippen LogP contribution < -0.4 is 14.8 Å². The number of hydrogen-bond acceptors (Lipinski definition) is 4. The second-order valence-electron chi connectivity index (χ2n) is 4.82. The van der Waals surface area contributed by atoms with Gasteiger partial charge in [-0.3, -0.25) is 0 Å². The van der Waals surface area contributed by atoms with Crippen molar-refractivity contribution in [2.24, 2.45) is 0 Å². The Morgan fingerprint density at radius 3 is 2.58 bits per heavy atom. The van der Waals surface area contributed by atoms with Gasteiger partial charge in [-0.2, -0.15) is 0 Å². The number of piperidine rings is 1. The van der Waals surface area contributed by atoms with Gasteiger partial charge in [-0.1, -0.05) is 0 Å². The molecule has 1 heterocycles. The third-order valence-electron chi connectivity index (χ3n) is 3.43. The van der Waals surface area contributed by atoms with Crippen LogP contribution in [0.1, 0.15) is 19.8 Å². The molecular formula is C15H23NO3. The van der Waals surface area contributed by atoms with Gasteiger partial charge in [0, 0.05) is 6.04 Å². The molecule has 0 amide bonds. The summed E-state index contributed by atoms with van der Waals surface area (Å²) in [4.78, 5) is 0. The molecule has 0 radical (unpaired) electrons. The molecule has 1 aliphatic heterocycles. The molecule has 2 unspecified atom stereocenters. The second kappa shape index (κ2) is 7.36. The van der Waals surface area contributed by atoms with Gasteiger partial charge in [0.25, 0.3) is 0 Å². The van der Waals surface area contributed by atoms with E-state index in [-0.39, 0.29) is 0 Å². The quantitative estimate of drug-likeness (QED) is 0.801. The number of hydrogen-bond donors (Lipinski definition) is 1. The Balaban J connectivity index is 1.65. The van der Waals surface area contributed by atoms with Crippen molar-refractivity contribution >= 4 is 0 Å². The highest BCUT2D eigenvalue weighted by atomic mass is 16.5. The first-order chi connectivity index (χ1) is 9.29. The molecule has 4 nitrogen and oxygen atoms in total. The second-order valence-corrected chi connectivity index (χ2v) is 4.82. The standard InChI is InChI=1S/C15H23NO3/c1-12-15(4-3-9-16-12)19-11-10-18-14-7-5-13(17-2)6-8-14/h5-8,12,15-16H,3-4,9-11H2,1-2H3. The number of benzene rings is 1. The lowest BCUT2D eigenvalue weighted by Gasteiger charge is -2.29. The molecule has 2 atom stereocenters. The summed E-state index contributed by atoms with van der Waals surface area (Å²) in [6.45, 7) is 4.48. The van der Waals surface area contributed by atoms with Gasteiger partial charge in [0.05, 0.1) is 19.8 Å². The van der Waals surface area contributed by atoms with Crippen LogP contribution in [-0.4, -0.2) is 39.0 Å². The molecule has 1 aliphatic rings. The molecule has 19 heavy (non-hydrogen) atoms. The molecule has 1 N–H and O–H groups in total. The van der Waals surface area contributed by atoms with Crippen molar-refractivity contribution < 1.29 is 14.2 Å². The highest BCUT2D eigenvalue weighted by molar-refractivity contribution is 5.31. The Kier molecular flexibility index (Phi) is 5.48. The Morgan fingerprint density at radius 1 is 1.16 bits per heavy atom. The maximum absolute atomic E-state index is 5.85. The molecule has 1 fully saturated rings. The molecule has 2 rings (SSSR count). The minimum atomic E-state index is 0.313. The van der Waals surface area contributed by atoms with E-state index in [9.17, 15) is 0 Å². The van der Waals surface area contributed by atoms with E-state index < -0.39 is 0 Å². The number of nitrogens with one attached hydrogen (secondary N) is 1. The van der Waals surface area contributed by atoms with Crippen molar-refractivity contribution in [2.45, 2.75) is 31.9 Å². The van der Waals surface area contributed by atoms with E-state index in [1.54, 1.807) is 7.11 Å². The van der Waals surface area contributed by atoms with Crippen LogP contribution in [0.4, 0.5) is 0 Å². The van der Waals surface area contributed by atoms with Gasteiger partial charge in [-0.05, 0) is 50.6 Å².